The first-order valence-corrected chi connectivity index (χ1v) is 7.11. The third kappa shape index (κ3) is 3.61. The van der Waals surface area contributed by atoms with Crippen LogP contribution in [0.1, 0.15) is 11.1 Å². The lowest BCUT2D eigenvalue weighted by atomic mass is 10.1. The van der Waals surface area contributed by atoms with Gasteiger partial charge < -0.3 is 10.0 Å². The molecule has 4 heteroatoms. The number of para-hydroxylation sites is 1. The van der Waals surface area contributed by atoms with E-state index in [-0.39, 0.29) is 18.1 Å². The number of phenols is 1. The highest BCUT2D eigenvalue weighted by Gasteiger charge is 2.13. The normalized spacial score (nSPS) is 10.3. The molecule has 0 saturated carbocycles. The van der Waals surface area contributed by atoms with Gasteiger partial charge in [-0.05, 0) is 17.7 Å². The molecule has 2 aromatic carbocycles. The van der Waals surface area contributed by atoms with Gasteiger partial charge in [0.05, 0.1) is 6.42 Å². The molecule has 0 radical (unpaired) electrons. The summed E-state index contributed by atoms with van der Waals surface area (Å²) in [7, 11) is 1.77. The molecular formula is C16H16BrNO2. The van der Waals surface area contributed by atoms with Crippen LogP contribution in [-0.2, 0) is 17.8 Å². The number of carbonyl (C=O) groups excluding carboxylic acids is 1. The summed E-state index contributed by atoms with van der Waals surface area (Å²) in [6, 6.07) is 14.7. The van der Waals surface area contributed by atoms with E-state index in [2.05, 4.69) is 15.9 Å². The maximum Gasteiger partial charge on any atom is 0.227 e. The molecule has 0 aromatic heterocycles. The first-order chi connectivity index (χ1) is 9.58. The molecule has 20 heavy (non-hydrogen) atoms. The minimum absolute atomic E-state index is 0.0257. The molecule has 2 rings (SSSR count). The van der Waals surface area contributed by atoms with Crippen molar-refractivity contribution in [3.05, 3.63) is 64.1 Å². The van der Waals surface area contributed by atoms with E-state index in [1.807, 2.05) is 30.3 Å². The fourth-order valence-corrected chi connectivity index (χ4v) is 2.34. The molecule has 3 nitrogen and oxygen atoms in total. The molecule has 0 aliphatic rings. The van der Waals surface area contributed by atoms with Crippen molar-refractivity contribution in [3.8, 4) is 5.75 Å². The number of halogens is 1. The Morgan fingerprint density at radius 3 is 2.35 bits per heavy atom. The van der Waals surface area contributed by atoms with Crippen molar-refractivity contribution >= 4 is 21.8 Å². The minimum Gasteiger partial charge on any atom is -0.508 e. The maximum absolute atomic E-state index is 12.2. The van der Waals surface area contributed by atoms with Gasteiger partial charge in [0.25, 0.3) is 0 Å². The SMILES string of the molecule is CN(Cc1ccccc1Br)C(=O)Cc1ccccc1O. The van der Waals surface area contributed by atoms with E-state index in [9.17, 15) is 9.90 Å². The van der Waals surface area contributed by atoms with Gasteiger partial charge >= 0.3 is 0 Å². The lowest BCUT2D eigenvalue weighted by Gasteiger charge is -2.18. The Labute approximate surface area is 127 Å². The van der Waals surface area contributed by atoms with Gasteiger partial charge in [-0.3, -0.25) is 4.79 Å². The van der Waals surface area contributed by atoms with Crippen LogP contribution in [0.3, 0.4) is 0 Å². The predicted octanol–water partition coefficient (Wildman–Crippen LogP) is 3.36. The van der Waals surface area contributed by atoms with Crippen LogP contribution in [0.2, 0.25) is 0 Å². The number of amides is 1. The van der Waals surface area contributed by atoms with Crippen LogP contribution in [-0.4, -0.2) is 23.0 Å². The molecule has 1 amide bonds. The molecule has 2 aromatic rings. The number of nitrogens with zero attached hydrogens (tertiary/aromatic N) is 1. The number of aromatic hydroxyl groups is 1. The Kier molecular flexibility index (Phi) is 4.79. The largest absolute Gasteiger partial charge is 0.508 e. The van der Waals surface area contributed by atoms with Crippen molar-refractivity contribution in [2.24, 2.45) is 0 Å². The number of hydrogen-bond donors (Lipinski definition) is 1. The fraction of sp³-hybridized carbons (Fsp3) is 0.188. The molecule has 0 unspecified atom stereocenters. The van der Waals surface area contributed by atoms with Gasteiger partial charge in [-0.15, -0.1) is 0 Å². The van der Waals surface area contributed by atoms with E-state index in [0.29, 0.717) is 12.1 Å². The summed E-state index contributed by atoms with van der Waals surface area (Å²) < 4.78 is 0.988. The molecule has 0 atom stereocenters. The minimum atomic E-state index is -0.0257. The number of phenolic OH excluding ortho intramolecular Hbond substituents is 1. The van der Waals surface area contributed by atoms with Crippen LogP contribution in [0.25, 0.3) is 0 Å². The van der Waals surface area contributed by atoms with Gasteiger partial charge in [0.2, 0.25) is 5.91 Å². The average molecular weight is 334 g/mol. The zero-order chi connectivity index (χ0) is 14.5. The third-order valence-electron chi connectivity index (χ3n) is 3.12. The van der Waals surface area contributed by atoms with Gasteiger partial charge in [0, 0.05) is 23.6 Å². The third-order valence-corrected chi connectivity index (χ3v) is 3.90. The number of rotatable bonds is 4. The van der Waals surface area contributed by atoms with E-state index in [0.717, 1.165) is 10.0 Å². The second kappa shape index (κ2) is 6.57. The van der Waals surface area contributed by atoms with E-state index < -0.39 is 0 Å². The second-order valence-corrected chi connectivity index (χ2v) is 5.50. The molecule has 104 valence electrons. The first-order valence-electron chi connectivity index (χ1n) is 6.32. The lowest BCUT2D eigenvalue weighted by molar-refractivity contribution is -0.129. The Morgan fingerprint density at radius 1 is 1.10 bits per heavy atom. The van der Waals surface area contributed by atoms with Crippen molar-refractivity contribution in [1.29, 1.82) is 0 Å². The molecule has 0 saturated heterocycles. The Morgan fingerprint density at radius 2 is 1.70 bits per heavy atom. The van der Waals surface area contributed by atoms with E-state index in [4.69, 9.17) is 0 Å². The average Bonchev–Trinajstić information content (AvgIpc) is 2.43. The highest BCUT2D eigenvalue weighted by atomic mass is 79.9. The molecular weight excluding hydrogens is 318 g/mol. The van der Waals surface area contributed by atoms with Crippen LogP contribution < -0.4 is 0 Å². The highest BCUT2D eigenvalue weighted by Crippen LogP contribution is 2.19. The molecule has 0 fully saturated rings. The Balaban J connectivity index is 2.03. The fourth-order valence-electron chi connectivity index (χ4n) is 1.93. The molecule has 0 bridgehead atoms. The standard InChI is InChI=1S/C16H16BrNO2/c1-18(11-13-7-2-4-8-14(13)17)16(20)10-12-6-3-5-9-15(12)19/h2-9,19H,10-11H2,1H3. The smallest absolute Gasteiger partial charge is 0.227 e. The van der Waals surface area contributed by atoms with E-state index in [1.165, 1.54) is 0 Å². The van der Waals surface area contributed by atoms with Crippen LogP contribution in [0.15, 0.2) is 53.0 Å². The maximum atomic E-state index is 12.2. The summed E-state index contributed by atoms with van der Waals surface area (Å²) in [6.45, 7) is 0.536. The molecule has 0 heterocycles. The summed E-state index contributed by atoms with van der Waals surface area (Å²) in [4.78, 5) is 13.8. The first kappa shape index (κ1) is 14.6. The second-order valence-electron chi connectivity index (χ2n) is 4.65. The number of benzene rings is 2. The van der Waals surface area contributed by atoms with Crippen molar-refractivity contribution in [1.82, 2.24) is 4.90 Å². The molecule has 0 spiro atoms. The molecule has 1 N–H and O–H groups in total. The summed E-state index contributed by atoms with van der Waals surface area (Å²) in [5.74, 6) is 0.136. The lowest BCUT2D eigenvalue weighted by Crippen LogP contribution is -2.27. The monoisotopic (exact) mass is 333 g/mol. The number of hydrogen-bond acceptors (Lipinski definition) is 2. The van der Waals surface area contributed by atoms with Crippen LogP contribution >= 0.6 is 15.9 Å². The van der Waals surface area contributed by atoms with Gasteiger partial charge in [0.15, 0.2) is 0 Å². The van der Waals surface area contributed by atoms with Gasteiger partial charge in [-0.2, -0.15) is 0 Å². The zero-order valence-electron chi connectivity index (χ0n) is 11.2. The van der Waals surface area contributed by atoms with Crippen molar-refractivity contribution in [2.45, 2.75) is 13.0 Å². The Hall–Kier alpha value is -1.81. The molecule has 0 aliphatic carbocycles. The number of carbonyl (C=O) groups is 1. The predicted molar refractivity (Wildman–Crippen MR) is 82.4 cm³/mol. The van der Waals surface area contributed by atoms with Crippen LogP contribution in [0.4, 0.5) is 0 Å². The summed E-state index contributed by atoms with van der Waals surface area (Å²) in [6.07, 6.45) is 0.202. The summed E-state index contributed by atoms with van der Waals surface area (Å²) in [5.41, 5.74) is 1.71. The molecule has 0 aliphatic heterocycles. The van der Waals surface area contributed by atoms with E-state index in [1.54, 1.807) is 30.1 Å². The zero-order valence-corrected chi connectivity index (χ0v) is 12.8. The van der Waals surface area contributed by atoms with Crippen molar-refractivity contribution in [2.75, 3.05) is 7.05 Å². The van der Waals surface area contributed by atoms with Gasteiger partial charge in [0.1, 0.15) is 5.75 Å². The van der Waals surface area contributed by atoms with Crippen molar-refractivity contribution in [3.63, 3.8) is 0 Å². The highest BCUT2D eigenvalue weighted by molar-refractivity contribution is 9.10. The Bertz CT molecular complexity index is 613. The van der Waals surface area contributed by atoms with Gasteiger partial charge in [-0.25, -0.2) is 0 Å². The number of likely N-dealkylation sites (N-methyl/N-ethyl adjacent to an activating group) is 1. The van der Waals surface area contributed by atoms with Crippen LogP contribution in [0, 0.1) is 0 Å². The topological polar surface area (TPSA) is 40.5 Å². The van der Waals surface area contributed by atoms with Gasteiger partial charge in [-0.1, -0.05) is 52.3 Å². The van der Waals surface area contributed by atoms with Crippen LogP contribution in [0.5, 0.6) is 5.75 Å². The van der Waals surface area contributed by atoms with Crippen molar-refractivity contribution < 1.29 is 9.90 Å². The summed E-state index contributed by atoms with van der Waals surface area (Å²) >= 11 is 3.47. The summed E-state index contributed by atoms with van der Waals surface area (Å²) in [5, 5.41) is 9.70. The quantitative estimate of drug-likeness (QED) is 0.931. The van der Waals surface area contributed by atoms with E-state index >= 15 is 0 Å².